The highest BCUT2D eigenvalue weighted by Crippen LogP contribution is 2.28. The minimum Gasteiger partial charge on any atom is -0.372 e. The summed E-state index contributed by atoms with van der Waals surface area (Å²) in [6.45, 7) is 3.49. The van der Waals surface area contributed by atoms with E-state index in [0.29, 0.717) is 11.6 Å². The minimum atomic E-state index is -0.0180. The number of fused-ring (bicyclic) bond motifs is 2. The van der Waals surface area contributed by atoms with Crippen LogP contribution in [0, 0.1) is 0 Å². The molecule has 5 nitrogen and oxygen atoms in total. The fraction of sp³-hybridized carbons (Fsp3) is 0.278. The number of anilines is 1. The predicted octanol–water partition coefficient (Wildman–Crippen LogP) is 3.17. The molecule has 1 atom stereocenters. The Morgan fingerprint density at radius 2 is 2.08 bits per heavy atom. The van der Waals surface area contributed by atoms with Crippen LogP contribution in [0.3, 0.4) is 0 Å². The Morgan fingerprint density at radius 3 is 2.92 bits per heavy atom. The van der Waals surface area contributed by atoms with Crippen LogP contribution < -0.4 is 4.90 Å². The Balaban J connectivity index is 1.70. The first-order valence-corrected chi connectivity index (χ1v) is 8.76. The zero-order chi connectivity index (χ0) is 16.7. The van der Waals surface area contributed by atoms with Crippen LogP contribution in [0.4, 0.5) is 5.69 Å². The van der Waals surface area contributed by atoms with Crippen molar-refractivity contribution in [1.82, 2.24) is 14.9 Å². The minimum absolute atomic E-state index is 0.0180. The van der Waals surface area contributed by atoms with Gasteiger partial charge in [0, 0.05) is 38.1 Å². The first-order valence-electron chi connectivity index (χ1n) is 7.95. The number of thiazole rings is 1. The topological polar surface area (TPSA) is 49.3 Å². The molecule has 3 aromatic rings. The van der Waals surface area contributed by atoms with Crippen molar-refractivity contribution in [2.24, 2.45) is 0 Å². The maximum atomic E-state index is 13.1. The standard InChI is InChI=1S/C18H18N4OS/c1-12-10-21(2)15-8-4-3-6-13(15)11-22(12)18(23)17-20-14-7-5-9-19-16(14)24-17/h3-9,12H,10-11H2,1-2H3. The van der Waals surface area contributed by atoms with E-state index >= 15 is 0 Å². The average molecular weight is 338 g/mol. The molecule has 0 radical (unpaired) electrons. The Hall–Kier alpha value is -2.47. The number of nitrogens with zero attached hydrogens (tertiary/aromatic N) is 4. The Labute approximate surface area is 144 Å². The van der Waals surface area contributed by atoms with Gasteiger partial charge in [-0.3, -0.25) is 4.79 Å². The van der Waals surface area contributed by atoms with E-state index in [2.05, 4.69) is 41.0 Å². The molecule has 6 heteroatoms. The molecule has 0 bridgehead atoms. The third-order valence-corrected chi connectivity index (χ3v) is 5.39. The van der Waals surface area contributed by atoms with Crippen molar-refractivity contribution < 1.29 is 4.79 Å². The highest BCUT2D eigenvalue weighted by Gasteiger charge is 2.29. The smallest absolute Gasteiger partial charge is 0.283 e. The first-order chi connectivity index (χ1) is 11.6. The highest BCUT2D eigenvalue weighted by atomic mass is 32.1. The van der Waals surface area contributed by atoms with Crippen LogP contribution in [-0.4, -0.2) is 40.4 Å². The maximum absolute atomic E-state index is 13.1. The number of carbonyl (C=O) groups excluding carboxylic acids is 1. The van der Waals surface area contributed by atoms with Crippen molar-refractivity contribution in [3.8, 4) is 0 Å². The number of benzene rings is 1. The van der Waals surface area contributed by atoms with E-state index in [-0.39, 0.29) is 11.9 Å². The number of aromatic nitrogens is 2. The van der Waals surface area contributed by atoms with Gasteiger partial charge in [-0.1, -0.05) is 29.5 Å². The molecule has 0 N–H and O–H groups in total. The second-order valence-electron chi connectivity index (χ2n) is 6.14. The summed E-state index contributed by atoms with van der Waals surface area (Å²) in [5.41, 5.74) is 3.13. The lowest BCUT2D eigenvalue weighted by molar-refractivity contribution is 0.0687. The summed E-state index contributed by atoms with van der Waals surface area (Å²) in [6, 6.07) is 12.1. The Morgan fingerprint density at radius 1 is 1.25 bits per heavy atom. The molecule has 1 amide bonds. The molecule has 0 saturated carbocycles. The van der Waals surface area contributed by atoms with Crippen LogP contribution in [0.2, 0.25) is 0 Å². The zero-order valence-electron chi connectivity index (χ0n) is 13.6. The zero-order valence-corrected chi connectivity index (χ0v) is 14.5. The molecule has 3 heterocycles. The molecule has 2 aromatic heterocycles. The molecule has 4 rings (SSSR count). The van der Waals surface area contributed by atoms with Gasteiger partial charge >= 0.3 is 0 Å². The van der Waals surface area contributed by atoms with Crippen LogP contribution in [0.1, 0.15) is 22.3 Å². The largest absolute Gasteiger partial charge is 0.372 e. The van der Waals surface area contributed by atoms with Crippen LogP contribution in [0.25, 0.3) is 10.3 Å². The van der Waals surface area contributed by atoms with E-state index in [1.165, 1.54) is 17.0 Å². The number of hydrogen-bond acceptors (Lipinski definition) is 5. The first kappa shape index (κ1) is 15.1. The second kappa shape index (κ2) is 5.87. The lowest BCUT2D eigenvalue weighted by Gasteiger charge is -2.27. The van der Waals surface area contributed by atoms with Crippen molar-refractivity contribution in [1.29, 1.82) is 0 Å². The normalized spacial score (nSPS) is 17.7. The third-order valence-electron chi connectivity index (χ3n) is 4.42. The molecule has 1 aliphatic rings. The molecule has 0 spiro atoms. The van der Waals surface area contributed by atoms with Crippen molar-refractivity contribution >= 4 is 33.3 Å². The molecular formula is C18H18N4OS. The molecule has 1 aliphatic heterocycles. The monoisotopic (exact) mass is 338 g/mol. The van der Waals surface area contributed by atoms with Crippen LogP contribution in [-0.2, 0) is 6.54 Å². The van der Waals surface area contributed by atoms with Gasteiger partial charge in [0.05, 0.1) is 0 Å². The van der Waals surface area contributed by atoms with Crippen molar-refractivity contribution in [3.63, 3.8) is 0 Å². The summed E-state index contributed by atoms with van der Waals surface area (Å²) in [4.78, 5) is 26.8. The van der Waals surface area contributed by atoms with Gasteiger partial charge in [0.1, 0.15) is 10.3 Å². The van der Waals surface area contributed by atoms with Crippen molar-refractivity contribution in [2.45, 2.75) is 19.5 Å². The maximum Gasteiger partial charge on any atom is 0.283 e. The van der Waals surface area contributed by atoms with Gasteiger partial charge in [0.2, 0.25) is 0 Å². The fourth-order valence-electron chi connectivity index (χ4n) is 3.21. The molecule has 0 fully saturated rings. The van der Waals surface area contributed by atoms with E-state index in [4.69, 9.17) is 0 Å². The van der Waals surface area contributed by atoms with E-state index in [0.717, 1.165) is 22.5 Å². The quantitative estimate of drug-likeness (QED) is 0.684. The van der Waals surface area contributed by atoms with Gasteiger partial charge in [-0.05, 0) is 30.7 Å². The van der Waals surface area contributed by atoms with Gasteiger partial charge in [0.25, 0.3) is 5.91 Å². The van der Waals surface area contributed by atoms with Crippen molar-refractivity contribution in [3.05, 3.63) is 53.2 Å². The lowest BCUT2D eigenvalue weighted by Crippen LogP contribution is -2.41. The SMILES string of the molecule is CC1CN(C)c2ccccc2CN1C(=O)c1nc2cccnc2s1. The van der Waals surface area contributed by atoms with Gasteiger partial charge in [-0.2, -0.15) is 0 Å². The molecule has 1 unspecified atom stereocenters. The van der Waals surface area contributed by atoms with E-state index < -0.39 is 0 Å². The summed E-state index contributed by atoms with van der Waals surface area (Å²) in [5.74, 6) is -0.0180. The summed E-state index contributed by atoms with van der Waals surface area (Å²) in [6.07, 6.45) is 1.73. The number of carbonyl (C=O) groups is 1. The molecular weight excluding hydrogens is 320 g/mol. The van der Waals surface area contributed by atoms with Crippen LogP contribution >= 0.6 is 11.3 Å². The average Bonchev–Trinajstić information content (AvgIpc) is 2.98. The van der Waals surface area contributed by atoms with E-state index in [9.17, 15) is 4.79 Å². The third kappa shape index (κ3) is 2.53. The summed E-state index contributed by atoms with van der Waals surface area (Å²) >= 11 is 1.36. The number of likely N-dealkylation sites (N-methyl/N-ethyl adjacent to an activating group) is 1. The van der Waals surface area contributed by atoms with Crippen molar-refractivity contribution in [2.75, 3.05) is 18.5 Å². The van der Waals surface area contributed by atoms with E-state index in [1.807, 2.05) is 29.2 Å². The van der Waals surface area contributed by atoms with Gasteiger partial charge in [0.15, 0.2) is 5.01 Å². The summed E-state index contributed by atoms with van der Waals surface area (Å²) < 4.78 is 0. The molecule has 1 aromatic carbocycles. The van der Waals surface area contributed by atoms with Gasteiger partial charge in [-0.15, -0.1) is 0 Å². The molecule has 24 heavy (non-hydrogen) atoms. The predicted molar refractivity (Wildman–Crippen MR) is 96.5 cm³/mol. The summed E-state index contributed by atoms with van der Waals surface area (Å²) in [5, 5.41) is 0.512. The Bertz CT molecular complexity index is 874. The molecule has 0 saturated heterocycles. The molecule has 0 aliphatic carbocycles. The van der Waals surface area contributed by atoms with E-state index in [1.54, 1.807) is 6.20 Å². The number of amides is 1. The van der Waals surface area contributed by atoms with Gasteiger partial charge < -0.3 is 9.80 Å². The number of rotatable bonds is 1. The number of para-hydroxylation sites is 1. The Kier molecular flexibility index (Phi) is 3.69. The van der Waals surface area contributed by atoms with Crippen LogP contribution in [0.15, 0.2) is 42.6 Å². The molecule has 122 valence electrons. The fourth-order valence-corrected chi connectivity index (χ4v) is 4.07. The lowest BCUT2D eigenvalue weighted by atomic mass is 10.1. The van der Waals surface area contributed by atoms with Gasteiger partial charge in [-0.25, -0.2) is 9.97 Å². The number of pyridine rings is 1. The highest BCUT2D eigenvalue weighted by molar-refractivity contribution is 7.19. The second-order valence-corrected chi connectivity index (χ2v) is 7.12. The number of hydrogen-bond donors (Lipinski definition) is 0. The summed E-state index contributed by atoms with van der Waals surface area (Å²) in [7, 11) is 2.07. The van der Waals surface area contributed by atoms with Crippen LogP contribution in [0.5, 0.6) is 0 Å².